The van der Waals surface area contributed by atoms with Gasteiger partial charge in [0.15, 0.2) is 12.1 Å². The summed E-state index contributed by atoms with van der Waals surface area (Å²) in [5, 5.41) is 6.11. The molecule has 5 rings (SSSR count). The summed E-state index contributed by atoms with van der Waals surface area (Å²) in [6.07, 6.45) is -0.279. The molecule has 0 fully saturated rings. The van der Waals surface area contributed by atoms with Gasteiger partial charge in [0, 0.05) is 5.38 Å². The zero-order valence-electron chi connectivity index (χ0n) is 15.2. The molecule has 4 aromatic rings. The molecule has 1 atom stereocenters. The fraction of sp³-hybridized carbons (Fsp3) is 0.150. The monoisotopic (exact) mass is 390 g/mol. The van der Waals surface area contributed by atoms with Gasteiger partial charge < -0.3 is 10.5 Å². The summed E-state index contributed by atoms with van der Waals surface area (Å²) in [5.41, 5.74) is 9.85. The third-order valence-corrected chi connectivity index (χ3v) is 5.40. The molecule has 8 heteroatoms. The van der Waals surface area contributed by atoms with Crippen molar-refractivity contribution in [3.05, 3.63) is 70.2 Å². The van der Waals surface area contributed by atoms with Crippen LogP contribution in [0.5, 0.6) is 5.75 Å². The minimum Gasteiger partial charge on any atom is -0.487 e. The van der Waals surface area contributed by atoms with Crippen LogP contribution in [-0.2, 0) is 6.61 Å². The number of aromatic nitrogens is 3. The number of ether oxygens (including phenoxy) is 1. The lowest BCUT2D eigenvalue weighted by atomic mass is 10.1. The van der Waals surface area contributed by atoms with Gasteiger partial charge in [-0.05, 0) is 36.8 Å². The molecule has 0 spiro atoms. The SMILES string of the molecule is Cc1nc(COc2ccc(C3N=C(N)Nc4nc5ccccc5n43)cc2)cs1. The van der Waals surface area contributed by atoms with E-state index >= 15 is 0 Å². The lowest BCUT2D eigenvalue weighted by Crippen LogP contribution is -2.31. The first-order valence-corrected chi connectivity index (χ1v) is 9.76. The van der Waals surface area contributed by atoms with Gasteiger partial charge in [-0.15, -0.1) is 11.3 Å². The molecule has 0 saturated carbocycles. The van der Waals surface area contributed by atoms with Crippen LogP contribution in [0.1, 0.15) is 22.4 Å². The molecule has 2 aromatic heterocycles. The minimum absolute atomic E-state index is 0.279. The number of nitrogens with zero attached hydrogens (tertiary/aromatic N) is 4. The Bertz CT molecular complexity index is 1180. The number of nitrogens with two attached hydrogens (primary N) is 1. The summed E-state index contributed by atoms with van der Waals surface area (Å²) >= 11 is 1.62. The van der Waals surface area contributed by atoms with Crippen molar-refractivity contribution in [2.75, 3.05) is 5.32 Å². The summed E-state index contributed by atoms with van der Waals surface area (Å²) in [4.78, 5) is 13.6. The molecule has 0 amide bonds. The standard InChI is InChI=1S/C20H18N6OS/c1-12-22-14(11-28-12)10-27-15-8-6-13(7-9-15)18-24-19(21)25-20-23-16-4-2-3-5-17(16)26(18)20/h2-9,11,18H,10H2,1H3,(H3,21,23,24,25). The summed E-state index contributed by atoms with van der Waals surface area (Å²) in [6.45, 7) is 2.45. The van der Waals surface area contributed by atoms with Crippen LogP contribution < -0.4 is 15.8 Å². The Labute approximate surface area is 165 Å². The van der Waals surface area contributed by atoms with Crippen molar-refractivity contribution in [1.29, 1.82) is 0 Å². The first kappa shape index (κ1) is 16.8. The molecule has 7 nitrogen and oxygen atoms in total. The molecule has 1 unspecified atom stereocenters. The van der Waals surface area contributed by atoms with Crippen LogP contribution in [0.2, 0.25) is 0 Å². The van der Waals surface area contributed by atoms with E-state index in [0.717, 1.165) is 33.0 Å². The molecule has 28 heavy (non-hydrogen) atoms. The number of para-hydroxylation sites is 2. The van der Waals surface area contributed by atoms with E-state index in [2.05, 4.69) is 24.8 Å². The van der Waals surface area contributed by atoms with E-state index in [1.807, 2.05) is 60.8 Å². The van der Waals surface area contributed by atoms with Gasteiger partial charge in [0.2, 0.25) is 5.95 Å². The Morgan fingerprint density at radius 3 is 2.75 bits per heavy atom. The second kappa shape index (κ2) is 6.65. The maximum atomic E-state index is 6.00. The Hall–Kier alpha value is -3.39. The number of aryl methyl sites for hydroxylation is 1. The Morgan fingerprint density at radius 2 is 1.96 bits per heavy atom. The summed E-state index contributed by atoms with van der Waals surface area (Å²) < 4.78 is 7.90. The van der Waals surface area contributed by atoms with Gasteiger partial charge >= 0.3 is 0 Å². The van der Waals surface area contributed by atoms with Gasteiger partial charge in [0.1, 0.15) is 12.4 Å². The third-order valence-electron chi connectivity index (χ3n) is 4.57. The number of imidazole rings is 1. The summed E-state index contributed by atoms with van der Waals surface area (Å²) in [7, 11) is 0. The van der Waals surface area contributed by atoms with Crippen molar-refractivity contribution in [2.45, 2.75) is 19.7 Å². The molecule has 0 aliphatic carbocycles. The number of hydrogen-bond donors (Lipinski definition) is 2. The second-order valence-corrected chi connectivity index (χ2v) is 7.58. The first-order valence-electron chi connectivity index (χ1n) is 8.88. The largest absolute Gasteiger partial charge is 0.487 e. The highest BCUT2D eigenvalue weighted by molar-refractivity contribution is 7.09. The topological polar surface area (TPSA) is 90.3 Å². The number of benzene rings is 2. The normalized spacial score (nSPS) is 15.8. The quantitative estimate of drug-likeness (QED) is 0.555. The van der Waals surface area contributed by atoms with Crippen LogP contribution in [0.15, 0.2) is 58.9 Å². The van der Waals surface area contributed by atoms with Crippen molar-refractivity contribution in [3.63, 3.8) is 0 Å². The van der Waals surface area contributed by atoms with Gasteiger partial charge in [-0.25, -0.2) is 15.0 Å². The van der Waals surface area contributed by atoms with Crippen molar-refractivity contribution in [2.24, 2.45) is 10.7 Å². The average Bonchev–Trinajstić information content (AvgIpc) is 3.29. The Balaban J connectivity index is 1.43. The van der Waals surface area contributed by atoms with Crippen molar-refractivity contribution >= 4 is 34.3 Å². The molecular weight excluding hydrogens is 372 g/mol. The fourth-order valence-corrected chi connectivity index (χ4v) is 3.91. The Morgan fingerprint density at radius 1 is 1.14 bits per heavy atom. The molecule has 140 valence electrons. The zero-order valence-corrected chi connectivity index (χ0v) is 16.0. The van der Waals surface area contributed by atoms with E-state index in [4.69, 9.17) is 10.5 Å². The molecule has 3 heterocycles. The van der Waals surface area contributed by atoms with Crippen LogP contribution in [0.3, 0.4) is 0 Å². The van der Waals surface area contributed by atoms with Crippen LogP contribution >= 0.6 is 11.3 Å². The molecule has 3 N–H and O–H groups in total. The number of rotatable bonds is 4. The lowest BCUT2D eigenvalue weighted by molar-refractivity contribution is 0.302. The molecule has 1 aliphatic heterocycles. The molecule has 1 aliphatic rings. The van der Waals surface area contributed by atoms with Crippen LogP contribution in [0.25, 0.3) is 11.0 Å². The van der Waals surface area contributed by atoms with Gasteiger partial charge in [-0.2, -0.15) is 0 Å². The predicted molar refractivity (Wildman–Crippen MR) is 111 cm³/mol. The van der Waals surface area contributed by atoms with Gasteiger partial charge in [0.05, 0.1) is 21.7 Å². The Kier molecular flexibility index (Phi) is 3.98. The van der Waals surface area contributed by atoms with Crippen molar-refractivity contribution in [1.82, 2.24) is 14.5 Å². The minimum atomic E-state index is -0.279. The number of nitrogens with one attached hydrogen (secondary N) is 1. The second-order valence-electron chi connectivity index (χ2n) is 6.52. The number of guanidine groups is 1. The van der Waals surface area contributed by atoms with Crippen LogP contribution in [0, 0.1) is 6.92 Å². The smallest absolute Gasteiger partial charge is 0.212 e. The highest BCUT2D eigenvalue weighted by Gasteiger charge is 2.24. The van der Waals surface area contributed by atoms with E-state index in [1.165, 1.54) is 0 Å². The zero-order chi connectivity index (χ0) is 19.1. The van der Waals surface area contributed by atoms with Gasteiger partial charge in [-0.3, -0.25) is 9.88 Å². The van der Waals surface area contributed by atoms with Gasteiger partial charge in [-0.1, -0.05) is 24.3 Å². The summed E-state index contributed by atoms with van der Waals surface area (Å²) in [5.74, 6) is 1.83. The lowest BCUT2D eigenvalue weighted by Gasteiger charge is -2.24. The number of fused-ring (bicyclic) bond motifs is 3. The van der Waals surface area contributed by atoms with E-state index in [1.54, 1.807) is 11.3 Å². The fourth-order valence-electron chi connectivity index (χ4n) is 3.31. The summed E-state index contributed by atoms with van der Waals surface area (Å²) in [6, 6.07) is 15.9. The van der Waals surface area contributed by atoms with Crippen LogP contribution in [0.4, 0.5) is 5.95 Å². The van der Waals surface area contributed by atoms with Crippen molar-refractivity contribution in [3.8, 4) is 5.75 Å². The van der Waals surface area contributed by atoms with Crippen LogP contribution in [-0.4, -0.2) is 20.5 Å². The van der Waals surface area contributed by atoms with Gasteiger partial charge in [0.25, 0.3) is 0 Å². The molecule has 0 radical (unpaired) electrons. The molecule has 2 aromatic carbocycles. The highest BCUT2D eigenvalue weighted by Crippen LogP contribution is 2.32. The predicted octanol–water partition coefficient (Wildman–Crippen LogP) is 3.67. The first-order chi connectivity index (χ1) is 13.7. The van der Waals surface area contributed by atoms with Crippen molar-refractivity contribution < 1.29 is 4.74 Å². The molecular formula is C20H18N6OS. The highest BCUT2D eigenvalue weighted by atomic mass is 32.1. The van der Waals surface area contributed by atoms with E-state index < -0.39 is 0 Å². The number of anilines is 1. The molecule has 0 bridgehead atoms. The number of thiazole rings is 1. The average molecular weight is 390 g/mol. The molecule has 0 saturated heterocycles. The van der Waals surface area contributed by atoms with E-state index in [-0.39, 0.29) is 6.17 Å². The number of hydrogen-bond acceptors (Lipinski definition) is 7. The van der Waals surface area contributed by atoms with E-state index in [9.17, 15) is 0 Å². The maximum Gasteiger partial charge on any atom is 0.212 e. The van der Waals surface area contributed by atoms with E-state index in [0.29, 0.717) is 18.5 Å². The number of aliphatic imine (C=N–C) groups is 1. The maximum absolute atomic E-state index is 6.00. The third kappa shape index (κ3) is 2.97.